The number of benzene rings is 1. The number of ether oxygens (including phenoxy) is 1. The fourth-order valence-electron chi connectivity index (χ4n) is 3.67. The molecule has 0 aromatic heterocycles. The van der Waals surface area contributed by atoms with Crippen LogP contribution in [0.15, 0.2) is 48.9 Å². The van der Waals surface area contributed by atoms with Crippen LogP contribution >= 0.6 is 0 Å². The first kappa shape index (κ1) is 27.8. The van der Waals surface area contributed by atoms with Gasteiger partial charge < -0.3 is 25.2 Å². The highest BCUT2D eigenvalue weighted by atomic mass is 16.5. The average Bonchev–Trinajstić information content (AvgIpc) is 2.77. The van der Waals surface area contributed by atoms with E-state index in [1.165, 1.54) is 0 Å². The molecule has 0 saturated carbocycles. The molecule has 8 heteroatoms. The molecule has 1 unspecified atom stereocenters. The maximum absolute atomic E-state index is 12.3. The highest BCUT2D eigenvalue weighted by Gasteiger charge is 2.21. The van der Waals surface area contributed by atoms with Crippen LogP contribution in [-0.2, 0) is 20.7 Å². The van der Waals surface area contributed by atoms with Crippen molar-refractivity contribution in [2.24, 2.45) is 0 Å². The number of amides is 2. The lowest BCUT2D eigenvalue weighted by molar-refractivity contribution is -0.129. The number of nitrogens with zero attached hydrogens (tertiary/aromatic N) is 3. The summed E-state index contributed by atoms with van der Waals surface area (Å²) >= 11 is 0. The summed E-state index contributed by atoms with van der Waals surface area (Å²) < 4.78 is 5.65. The van der Waals surface area contributed by atoms with Crippen molar-refractivity contribution < 1.29 is 14.3 Å². The number of likely N-dealkylation sites (N-methyl/N-ethyl adjacent to an activating group) is 1. The maximum atomic E-state index is 12.3. The van der Waals surface area contributed by atoms with Crippen molar-refractivity contribution in [3.8, 4) is 6.07 Å². The van der Waals surface area contributed by atoms with Crippen LogP contribution in [0.2, 0.25) is 0 Å². The van der Waals surface area contributed by atoms with E-state index in [0.29, 0.717) is 38.2 Å². The Labute approximate surface area is 209 Å². The molecule has 0 bridgehead atoms. The summed E-state index contributed by atoms with van der Waals surface area (Å²) in [7, 11) is 1.81. The van der Waals surface area contributed by atoms with Gasteiger partial charge in [-0.15, -0.1) is 0 Å². The molecule has 0 aliphatic carbocycles. The van der Waals surface area contributed by atoms with Crippen LogP contribution in [0, 0.1) is 11.3 Å². The quantitative estimate of drug-likeness (QED) is 0.372. The fourth-order valence-corrected chi connectivity index (χ4v) is 3.67. The second-order valence-electron chi connectivity index (χ2n) is 9.89. The Balaban J connectivity index is 1.75. The minimum Gasteiger partial charge on any atom is -0.474 e. The molecular weight excluding hydrogens is 442 g/mol. The number of nitriles is 1. The zero-order valence-electron chi connectivity index (χ0n) is 21.6. The highest BCUT2D eigenvalue weighted by molar-refractivity contribution is 5.82. The van der Waals surface area contributed by atoms with Crippen molar-refractivity contribution in [2.45, 2.75) is 64.6 Å². The molecule has 190 valence electrons. The summed E-state index contributed by atoms with van der Waals surface area (Å²) in [5.74, 6) is 0.456. The number of hydrogen-bond donors (Lipinski definition) is 2. The van der Waals surface area contributed by atoms with Gasteiger partial charge in [-0.05, 0) is 58.4 Å². The number of nitrogens with one attached hydrogen (secondary N) is 2. The molecule has 1 aliphatic heterocycles. The summed E-state index contributed by atoms with van der Waals surface area (Å²) in [6.07, 6.45) is 5.20. The number of piperazine rings is 1. The largest absolute Gasteiger partial charge is 0.474 e. The van der Waals surface area contributed by atoms with E-state index in [4.69, 9.17) is 4.74 Å². The monoisotopic (exact) mass is 481 g/mol. The summed E-state index contributed by atoms with van der Waals surface area (Å²) in [6, 6.07) is 9.42. The van der Waals surface area contributed by atoms with Crippen LogP contribution in [0.1, 0.15) is 46.1 Å². The minimum atomic E-state index is -0.596. The zero-order valence-corrected chi connectivity index (χ0v) is 21.6. The molecule has 8 nitrogen and oxygen atoms in total. The van der Waals surface area contributed by atoms with E-state index in [-0.39, 0.29) is 23.5 Å². The first-order valence-electron chi connectivity index (χ1n) is 12.0. The Morgan fingerprint density at radius 3 is 2.54 bits per heavy atom. The molecule has 2 rings (SSSR count). The smallest absolute Gasteiger partial charge is 0.241 e. The predicted octanol–water partition coefficient (Wildman–Crippen LogP) is 3.12. The van der Waals surface area contributed by atoms with Crippen molar-refractivity contribution >= 4 is 17.5 Å². The van der Waals surface area contributed by atoms with E-state index < -0.39 is 6.04 Å². The number of hydrogen-bond acceptors (Lipinski definition) is 6. The van der Waals surface area contributed by atoms with Gasteiger partial charge in [0.25, 0.3) is 0 Å². The van der Waals surface area contributed by atoms with E-state index >= 15 is 0 Å². The third-order valence-electron chi connectivity index (χ3n) is 5.47. The van der Waals surface area contributed by atoms with Gasteiger partial charge in [0.15, 0.2) is 5.88 Å². The number of carbonyl (C=O) groups is 2. The molecule has 2 atom stereocenters. The zero-order chi connectivity index (χ0) is 26.0. The average molecular weight is 482 g/mol. The van der Waals surface area contributed by atoms with Crippen LogP contribution in [0.5, 0.6) is 0 Å². The molecule has 2 N–H and O–H groups in total. The van der Waals surface area contributed by atoms with Crippen molar-refractivity contribution in [2.75, 3.05) is 31.6 Å². The first-order chi connectivity index (χ1) is 16.5. The second kappa shape index (κ2) is 12.8. The summed E-state index contributed by atoms with van der Waals surface area (Å²) in [6.45, 7) is 13.6. The van der Waals surface area contributed by atoms with Gasteiger partial charge in [0.1, 0.15) is 11.6 Å². The van der Waals surface area contributed by atoms with Gasteiger partial charge in [-0.3, -0.25) is 9.59 Å². The Hall–Kier alpha value is -3.47. The van der Waals surface area contributed by atoms with Crippen molar-refractivity contribution in [1.82, 2.24) is 15.5 Å². The number of rotatable bonds is 11. The Morgan fingerprint density at radius 1 is 1.26 bits per heavy atom. The Kier molecular flexibility index (Phi) is 10.2. The molecule has 0 radical (unpaired) electrons. The fraction of sp³-hybridized carbons (Fsp3) is 0.519. The van der Waals surface area contributed by atoms with Gasteiger partial charge in [0.05, 0.1) is 12.6 Å². The first-order valence-corrected chi connectivity index (χ1v) is 12.0. The minimum absolute atomic E-state index is 0.0201. The van der Waals surface area contributed by atoms with Crippen molar-refractivity contribution in [1.29, 1.82) is 5.26 Å². The molecule has 1 saturated heterocycles. The van der Waals surface area contributed by atoms with Gasteiger partial charge in [0.2, 0.25) is 11.8 Å². The van der Waals surface area contributed by atoms with E-state index in [1.807, 2.05) is 76.1 Å². The maximum Gasteiger partial charge on any atom is 0.241 e. The third kappa shape index (κ3) is 10.1. The van der Waals surface area contributed by atoms with E-state index in [0.717, 1.165) is 17.8 Å². The van der Waals surface area contributed by atoms with Crippen LogP contribution in [0.3, 0.4) is 0 Å². The van der Waals surface area contributed by atoms with Crippen LogP contribution in [-0.4, -0.2) is 61.1 Å². The van der Waals surface area contributed by atoms with Gasteiger partial charge in [-0.25, -0.2) is 0 Å². The number of allylic oxidation sites excluding steroid dienone is 1. The Bertz CT molecular complexity index is 943. The van der Waals surface area contributed by atoms with Crippen LogP contribution < -0.4 is 15.5 Å². The summed E-state index contributed by atoms with van der Waals surface area (Å²) in [5, 5.41) is 15.5. The molecule has 1 heterocycles. The second-order valence-corrected chi connectivity index (χ2v) is 9.89. The molecule has 1 aliphatic rings. The van der Waals surface area contributed by atoms with Gasteiger partial charge in [-0.2, -0.15) is 5.26 Å². The molecule has 1 aromatic rings. The van der Waals surface area contributed by atoms with Crippen LogP contribution in [0.25, 0.3) is 0 Å². The summed E-state index contributed by atoms with van der Waals surface area (Å²) in [5.41, 5.74) is 1.63. The van der Waals surface area contributed by atoms with Gasteiger partial charge in [0, 0.05) is 44.7 Å². The van der Waals surface area contributed by atoms with Crippen LogP contribution in [0.4, 0.5) is 5.69 Å². The molecule has 1 fully saturated rings. The summed E-state index contributed by atoms with van der Waals surface area (Å²) in [4.78, 5) is 28.0. The highest BCUT2D eigenvalue weighted by Crippen LogP contribution is 2.18. The molecule has 1 aromatic carbocycles. The molecule has 2 amide bonds. The number of carbonyl (C=O) groups excluding carboxylic acids is 2. The lowest BCUT2D eigenvalue weighted by Gasteiger charge is -2.33. The third-order valence-corrected chi connectivity index (χ3v) is 5.47. The SMILES string of the molecule is C=C(N[C@@H](C)/C=C\CCC(=O)NC(C#N)Cc1ccc(N2CCN(C)C(=O)C2)cc1)OC(C)(C)C. The van der Waals surface area contributed by atoms with E-state index in [9.17, 15) is 14.9 Å². The lowest BCUT2D eigenvalue weighted by atomic mass is 10.1. The van der Waals surface area contributed by atoms with E-state index in [2.05, 4.69) is 23.3 Å². The molecule has 35 heavy (non-hydrogen) atoms. The Morgan fingerprint density at radius 2 is 1.94 bits per heavy atom. The van der Waals surface area contributed by atoms with E-state index in [1.54, 1.807) is 4.90 Å². The topological polar surface area (TPSA) is 97.7 Å². The van der Waals surface area contributed by atoms with Gasteiger partial charge >= 0.3 is 0 Å². The molecular formula is C27H39N5O3. The predicted molar refractivity (Wildman–Crippen MR) is 138 cm³/mol. The lowest BCUT2D eigenvalue weighted by Crippen LogP contribution is -2.48. The van der Waals surface area contributed by atoms with Crippen molar-refractivity contribution in [3.05, 3.63) is 54.4 Å². The van der Waals surface area contributed by atoms with Crippen molar-refractivity contribution in [3.63, 3.8) is 0 Å². The normalized spacial score (nSPS) is 15.9. The number of anilines is 1. The van der Waals surface area contributed by atoms with Gasteiger partial charge in [-0.1, -0.05) is 24.3 Å². The standard InChI is InChI=1S/C27H39N5O3/c1-20(29-21(2)35-27(3,4)5)9-7-8-10-25(33)30-23(18-28)17-22-11-13-24(14-12-22)32-16-15-31(6)26(34)19-32/h7,9,11-14,20,23,29H,2,8,10,15-17,19H2,1,3-6H3,(H,30,33)/b9-7-/t20-,23?/m0/s1. The molecule has 0 spiro atoms.